The summed E-state index contributed by atoms with van der Waals surface area (Å²) < 4.78 is 12.2. The molecule has 7 heteroatoms. The lowest BCUT2D eigenvalue weighted by molar-refractivity contribution is -0.117. The molecule has 0 aromatic heterocycles. The van der Waals surface area contributed by atoms with E-state index in [2.05, 4.69) is 17.2 Å². The van der Waals surface area contributed by atoms with Gasteiger partial charge >= 0.3 is 0 Å². The number of hydrogen-bond donors (Lipinski definition) is 1. The largest absolute Gasteiger partial charge is 0.493 e. The Kier molecular flexibility index (Phi) is 7.85. The minimum atomic E-state index is -0.433. The SMILES string of the molecule is CCCOc1ccc(C=C2C(=O)NN(c3ccccc3)C2=O)c(OCCN2CCCCC2)c1C. The van der Waals surface area contributed by atoms with Crippen molar-refractivity contribution in [1.82, 2.24) is 10.3 Å². The lowest BCUT2D eigenvalue weighted by atomic mass is 10.0. The molecule has 0 aliphatic carbocycles. The molecule has 7 nitrogen and oxygen atoms in total. The number of rotatable bonds is 9. The molecule has 2 aromatic rings. The van der Waals surface area contributed by atoms with Gasteiger partial charge in [-0.05, 0) is 69.6 Å². The summed E-state index contributed by atoms with van der Waals surface area (Å²) in [6.07, 6.45) is 6.27. The van der Waals surface area contributed by atoms with Crippen molar-refractivity contribution in [1.29, 1.82) is 0 Å². The van der Waals surface area contributed by atoms with Crippen molar-refractivity contribution in [2.45, 2.75) is 39.5 Å². The van der Waals surface area contributed by atoms with Crippen LogP contribution in [0.5, 0.6) is 11.5 Å². The molecule has 0 spiro atoms. The van der Waals surface area contributed by atoms with E-state index in [4.69, 9.17) is 9.47 Å². The average molecular weight is 464 g/mol. The molecule has 2 aliphatic heterocycles. The first-order valence-electron chi connectivity index (χ1n) is 12.1. The van der Waals surface area contributed by atoms with E-state index in [0.29, 0.717) is 30.2 Å². The third-order valence-corrected chi connectivity index (χ3v) is 6.16. The minimum absolute atomic E-state index is 0.0753. The molecule has 180 valence electrons. The van der Waals surface area contributed by atoms with Gasteiger partial charge in [-0.1, -0.05) is 31.5 Å². The van der Waals surface area contributed by atoms with Gasteiger partial charge in [0.05, 0.1) is 12.3 Å². The first kappa shape index (κ1) is 23.8. The number of benzene rings is 2. The third kappa shape index (κ3) is 5.42. The predicted molar refractivity (Wildman–Crippen MR) is 133 cm³/mol. The van der Waals surface area contributed by atoms with Gasteiger partial charge in [-0.3, -0.25) is 19.9 Å². The summed E-state index contributed by atoms with van der Waals surface area (Å²) in [5.41, 5.74) is 4.90. The molecule has 2 fully saturated rings. The summed E-state index contributed by atoms with van der Waals surface area (Å²) in [6.45, 7) is 8.21. The molecule has 2 saturated heterocycles. The molecule has 0 unspecified atom stereocenters. The van der Waals surface area contributed by atoms with Crippen LogP contribution in [0.4, 0.5) is 5.69 Å². The fraction of sp³-hybridized carbons (Fsp3) is 0.407. The lowest BCUT2D eigenvalue weighted by Crippen LogP contribution is -2.35. The van der Waals surface area contributed by atoms with Gasteiger partial charge in [0, 0.05) is 17.7 Å². The van der Waals surface area contributed by atoms with Crippen molar-refractivity contribution in [3.05, 3.63) is 59.2 Å². The number of likely N-dealkylation sites (tertiary alicyclic amines) is 1. The van der Waals surface area contributed by atoms with E-state index in [1.807, 2.05) is 37.3 Å². The maximum atomic E-state index is 13.0. The van der Waals surface area contributed by atoms with E-state index >= 15 is 0 Å². The maximum absolute atomic E-state index is 13.0. The number of ether oxygens (including phenoxy) is 2. The van der Waals surface area contributed by atoms with Gasteiger partial charge in [0.15, 0.2) is 0 Å². The van der Waals surface area contributed by atoms with Gasteiger partial charge < -0.3 is 9.47 Å². The van der Waals surface area contributed by atoms with E-state index in [1.165, 1.54) is 24.3 Å². The Morgan fingerprint density at radius 2 is 1.74 bits per heavy atom. The van der Waals surface area contributed by atoms with Crippen molar-refractivity contribution >= 4 is 23.6 Å². The Morgan fingerprint density at radius 1 is 0.971 bits per heavy atom. The highest BCUT2D eigenvalue weighted by Gasteiger charge is 2.34. The van der Waals surface area contributed by atoms with Crippen LogP contribution in [0.25, 0.3) is 6.08 Å². The molecular formula is C27H33N3O4. The number of para-hydroxylation sites is 1. The first-order chi connectivity index (χ1) is 16.6. The number of hydrogen-bond acceptors (Lipinski definition) is 5. The lowest BCUT2D eigenvalue weighted by Gasteiger charge is -2.26. The molecular weight excluding hydrogens is 430 g/mol. The summed E-state index contributed by atoms with van der Waals surface area (Å²) in [6, 6.07) is 12.8. The molecule has 2 heterocycles. The van der Waals surface area contributed by atoms with Crippen LogP contribution in [0, 0.1) is 6.92 Å². The molecule has 0 atom stereocenters. The summed E-state index contributed by atoms with van der Waals surface area (Å²) in [5, 5.41) is 1.27. The van der Waals surface area contributed by atoms with E-state index in [0.717, 1.165) is 37.4 Å². The second-order valence-electron chi connectivity index (χ2n) is 8.68. The second-order valence-corrected chi connectivity index (χ2v) is 8.68. The highest BCUT2D eigenvalue weighted by Crippen LogP contribution is 2.34. The van der Waals surface area contributed by atoms with Gasteiger partial charge in [-0.15, -0.1) is 0 Å². The zero-order valence-electron chi connectivity index (χ0n) is 20.0. The van der Waals surface area contributed by atoms with Crippen LogP contribution in [0.3, 0.4) is 0 Å². The summed E-state index contributed by atoms with van der Waals surface area (Å²) >= 11 is 0. The Hall–Kier alpha value is -3.32. The van der Waals surface area contributed by atoms with Crippen LogP contribution in [0.15, 0.2) is 48.0 Å². The molecule has 4 rings (SSSR count). The van der Waals surface area contributed by atoms with Crippen molar-refractivity contribution in [2.75, 3.05) is 37.9 Å². The van der Waals surface area contributed by atoms with Gasteiger partial charge in [0.2, 0.25) is 0 Å². The number of hydrazine groups is 1. The van der Waals surface area contributed by atoms with E-state index in [-0.39, 0.29) is 11.5 Å². The Morgan fingerprint density at radius 3 is 2.47 bits per heavy atom. The monoisotopic (exact) mass is 463 g/mol. The number of nitrogens with one attached hydrogen (secondary N) is 1. The fourth-order valence-corrected chi connectivity index (χ4v) is 4.30. The Bertz CT molecular complexity index is 1050. The smallest absolute Gasteiger partial charge is 0.282 e. The molecule has 2 aromatic carbocycles. The Labute approximate surface area is 201 Å². The second kappa shape index (κ2) is 11.2. The molecule has 2 aliphatic rings. The van der Waals surface area contributed by atoms with Gasteiger partial charge in [0.1, 0.15) is 23.7 Å². The summed E-state index contributed by atoms with van der Waals surface area (Å²) in [4.78, 5) is 28.1. The topological polar surface area (TPSA) is 71.1 Å². The van der Waals surface area contributed by atoms with E-state index in [1.54, 1.807) is 18.2 Å². The average Bonchev–Trinajstić information content (AvgIpc) is 3.14. The number of carbonyl (C=O) groups is 2. The molecule has 0 saturated carbocycles. The van der Waals surface area contributed by atoms with Crippen LogP contribution < -0.4 is 19.9 Å². The van der Waals surface area contributed by atoms with Crippen LogP contribution in [-0.2, 0) is 9.59 Å². The predicted octanol–water partition coefficient (Wildman–Crippen LogP) is 4.11. The quantitative estimate of drug-likeness (QED) is 0.448. The number of amides is 2. The molecule has 34 heavy (non-hydrogen) atoms. The van der Waals surface area contributed by atoms with Crippen LogP contribution in [0.2, 0.25) is 0 Å². The first-order valence-corrected chi connectivity index (χ1v) is 12.1. The number of piperidine rings is 1. The highest BCUT2D eigenvalue weighted by atomic mass is 16.5. The summed E-state index contributed by atoms with van der Waals surface area (Å²) in [5.74, 6) is 0.582. The Balaban J connectivity index is 1.59. The standard InChI is InChI=1S/C27H33N3O4/c1-3-17-33-24-13-12-21(25(20(24)2)34-18-16-29-14-8-5-9-15-29)19-23-26(31)28-30(27(23)32)22-10-6-4-7-11-22/h4,6-7,10-13,19H,3,5,8-9,14-18H2,1-2H3,(H,28,31). The van der Waals surface area contributed by atoms with Crippen molar-refractivity contribution in [3.8, 4) is 11.5 Å². The van der Waals surface area contributed by atoms with Gasteiger partial charge in [0.25, 0.3) is 11.8 Å². The molecule has 2 amide bonds. The van der Waals surface area contributed by atoms with E-state index < -0.39 is 5.91 Å². The van der Waals surface area contributed by atoms with Crippen molar-refractivity contribution in [2.24, 2.45) is 0 Å². The summed E-state index contributed by atoms with van der Waals surface area (Å²) in [7, 11) is 0. The zero-order chi connectivity index (χ0) is 23.9. The molecule has 0 bridgehead atoms. The normalized spacial score (nSPS) is 17.8. The molecule has 0 radical (unpaired) electrons. The third-order valence-electron chi connectivity index (χ3n) is 6.16. The zero-order valence-corrected chi connectivity index (χ0v) is 20.0. The number of carbonyl (C=O) groups excluding carboxylic acids is 2. The number of nitrogens with zero attached hydrogens (tertiary/aromatic N) is 2. The van der Waals surface area contributed by atoms with Crippen molar-refractivity contribution in [3.63, 3.8) is 0 Å². The van der Waals surface area contributed by atoms with Crippen LogP contribution in [0.1, 0.15) is 43.7 Å². The van der Waals surface area contributed by atoms with Crippen LogP contribution in [-0.4, -0.2) is 49.6 Å². The molecule has 1 N–H and O–H groups in total. The van der Waals surface area contributed by atoms with E-state index in [9.17, 15) is 9.59 Å². The maximum Gasteiger partial charge on any atom is 0.282 e. The highest BCUT2D eigenvalue weighted by molar-refractivity contribution is 6.31. The van der Waals surface area contributed by atoms with Gasteiger partial charge in [-0.2, -0.15) is 0 Å². The minimum Gasteiger partial charge on any atom is -0.493 e. The fourth-order valence-electron chi connectivity index (χ4n) is 4.30. The van der Waals surface area contributed by atoms with Crippen LogP contribution >= 0.6 is 0 Å². The number of anilines is 1. The van der Waals surface area contributed by atoms with Gasteiger partial charge in [-0.25, -0.2) is 5.01 Å². The van der Waals surface area contributed by atoms with Crippen molar-refractivity contribution < 1.29 is 19.1 Å².